The summed E-state index contributed by atoms with van der Waals surface area (Å²) in [6.45, 7) is 8.34. The molecule has 0 amide bonds. The van der Waals surface area contributed by atoms with Gasteiger partial charge < -0.3 is 4.42 Å². The van der Waals surface area contributed by atoms with E-state index in [2.05, 4.69) is 4.85 Å². The zero-order valence-electron chi connectivity index (χ0n) is 25.1. The first-order valence-electron chi connectivity index (χ1n) is 13.3. The quantitative estimate of drug-likeness (QED) is 0.267. The molecule has 2 aromatic carbocycles. The van der Waals surface area contributed by atoms with Crippen molar-refractivity contribution < 1.29 is 20.0 Å². The fourth-order valence-electron chi connectivity index (χ4n) is 3.87. The molecular weight excluding hydrogens is 356 g/mol. The summed E-state index contributed by atoms with van der Waals surface area (Å²) in [5.41, 5.74) is 3.07. The number of benzene rings is 2. The van der Waals surface area contributed by atoms with E-state index in [1.165, 1.54) is 0 Å². The maximum atomic E-state index is 9.17. The van der Waals surface area contributed by atoms with Crippen molar-refractivity contribution >= 4 is 27.6 Å². The number of hydrogen-bond acceptors (Lipinski definition) is 1. The monoisotopic (exact) mass is 391 g/mol. The number of fused-ring (bicyclic) bond motifs is 3. The first-order chi connectivity index (χ1) is 16.9. The van der Waals surface area contributed by atoms with Crippen LogP contribution in [0.3, 0.4) is 0 Å². The Hall–Kier alpha value is -3.12. The van der Waals surface area contributed by atoms with Crippen LogP contribution in [-0.2, 0) is 7.05 Å². The average Bonchev–Trinajstić information content (AvgIpc) is 3.16. The van der Waals surface area contributed by atoms with Gasteiger partial charge in [-0.1, -0.05) is 38.0 Å². The van der Waals surface area contributed by atoms with Gasteiger partial charge in [0.2, 0.25) is 11.4 Å². The lowest BCUT2D eigenvalue weighted by molar-refractivity contribution is -0.667. The van der Waals surface area contributed by atoms with Crippen LogP contribution in [-0.4, -0.2) is 0 Å². The maximum Gasteiger partial charge on any atom is 0.229 e. The molecule has 0 spiro atoms. The molecule has 29 heavy (non-hydrogen) atoms. The van der Waals surface area contributed by atoms with Crippen molar-refractivity contribution in [3.63, 3.8) is 0 Å². The lowest BCUT2D eigenvalue weighted by atomic mass is 9.92. The van der Waals surface area contributed by atoms with Crippen molar-refractivity contribution in [2.24, 2.45) is 7.05 Å². The number of aryl methyl sites for hydroxylation is 2. The summed E-state index contributed by atoms with van der Waals surface area (Å²) in [4.78, 5) is 3.59. The Morgan fingerprint density at radius 3 is 2.62 bits per heavy atom. The molecule has 3 heteroatoms. The van der Waals surface area contributed by atoms with Gasteiger partial charge in [-0.2, -0.15) is 4.57 Å². The lowest BCUT2D eigenvalue weighted by Gasteiger charge is -2.14. The van der Waals surface area contributed by atoms with Crippen LogP contribution >= 0.6 is 0 Å². The number of hydrogen-bond donors (Lipinski definition) is 0. The lowest BCUT2D eigenvalue weighted by Crippen LogP contribution is -2.36. The van der Waals surface area contributed by atoms with Gasteiger partial charge in [0.15, 0.2) is 5.69 Å². The molecule has 0 aliphatic carbocycles. The van der Waals surface area contributed by atoms with Crippen molar-refractivity contribution in [2.45, 2.75) is 47.3 Å². The van der Waals surface area contributed by atoms with Crippen LogP contribution in [0.5, 0.6) is 0 Å². The normalized spacial score (nSPS) is 18.5. The summed E-state index contributed by atoms with van der Waals surface area (Å²) in [6.07, 6.45) is 0. The average molecular weight is 392 g/mol. The highest BCUT2D eigenvalue weighted by molar-refractivity contribution is 6.14. The topological polar surface area (TPSA) is 21.4 Å². The van der Waals surface area contributed by atoms with E-state index in [1.807, 2.05) is 32.0 Å². The fourth-order valence-corrected chi connectivity index (χ4v) is 3.87. The molecule has 0 aliphatic heterocycles. The summed E-state index contributed by atoms with van der Waals surface area (Å²) in [5.74, 6) is -2.37. The molecule has 1 atom stereocenters. The third-order valence-corrected chi connectivity index (χ3v) is 5.61. The van der Waals surface area contributed by atoms with Crippen molar-refractivity contribution in [3.05, 3.63) is 69.7 Å². The minimum absolute atomic E-state index is 0.231. The SMILES string of the molecule is [2H]c1c(C([2H])(C)C([2H])([2H])[2H])c(C([2H])([2H])[2H])c(C)[n+](C)c1-c1c(C)ccc2c1oc1c([N+]#[C-])ccc(C)c12. The number of rotatable bonds is 2. The molecule has 2 heterocycles. The van der Waals surface area contributed by atoms with E-state index >= 15 is 0 Å². The number of furan rings is 1. The van der Waals surface area contributed by atoms with Gasteiger partial charge in [0.1, 0.15) is 18.2 Å². The third kappa shape index (κ3) is 2.75. The van der Waals surface area contributed by atoms with Crippen LogP contribution in [0.2, 0.25) is 0 Å². The van der Waals surface area contributed by atoms with Gasteiger partial charge in [-0.05, 0) is 43.3 Å². The van der Waals surface area contributed by atoms with Crippen molar-refractivity contribution in [2.75, 3.05) is 0 Å². The second-order valence-corrected chi connectivity index (χ2v) is 7.45. The predicted octanol–water partition coefficient (Wildman–Crippen LogP) is 6.99. The van der Waals surface area contributed by atoms with E-state index in [4.69, 9.17) is 20.6 Å². The first-order valence-corrected chi connectivity index (χ1v) is 9.32. The number of pyridine rings is 1. The molecule has 4 rings (SSSR count). The van der Waals surface area contributed by atoms with E-state index in [0.717, 1.165) is 23.3 Å². The van der Waals surface area contributed by atoms with Gasteiger partial charge in [0.25, 0.3) is 0 Å². The summed E-state index contributed by atoms with van der Waals surface area (Å²) in [7, 11) is 1.62. The minimum Gasteiger partial charge on any atom is -0.466 e. The molecule has 0 saturated carbocycles. The summed E-state index contributed by atoms with van der Waals surface area (Å²) >= 11 is 0. The Labute approximate surface area is 183 Å². The van der Waals surface area contributed by atoms with Crippen LogP contribution in [0, 0.1) is 34.2 Å². The number of nitrogens with zero attached hydrogens (tertiary/aromatic N) is 2. The molecule has 3 nitrogen and oxygen atoms in total. The van der Waals surface area contributed by atoms with E-state index in [1.54, 1.807) is 24.6 Å². The smallest absolute Gasteiger partial charge is 0.229 e. The summed E-state index contributed by atoms with van der Waals surface area (Å²) < 4.78 is 74.3. The Balaban J connectivity index is 2.27. The molecule has 1 unspecified atom stereocenters. The summed E-state index contributed by atoms with van der Waals surface area (Å²) in [5, 5.41) is 1.49. The maximum absolute atomic E-state index is 9.17. The van der Waals surface area contributed by atoms with Crippen LogP contribution in [0.1, 0.15) is 58.6 Å². The Morgan fingerprint density at radius 2 is 1.93 bits per heavy atom. The Bertz CT molecular complexity index is 1640. The highest BCUT2D eigenvalue weighted by Gasteiger charge is 2.25. The molecule has 0 bridgehead atoms. The van der Waals surface area contributed by atoms with Crippen molar-refractivity contribution in [3.8, 4) is 11.3 Å². The molecule has 0 fully saturated rings. The van der Waals surface area contributed by atoms with Gasteiger partial charge in [0.05, 0.1) is 13.5 Å². The second-order valence-electron chi connectivity index (χ2n) is 7.45. The van der Waals surface area contributed by atoms with E-state index in [9.17, 15) is 1.37 Å². The van der Waals surface area contributed by atoms with Crippen LogP contribution in [0.25, 0.3) is 38.0 Å². The van der Waals surface area contributed by atoms with E-state index < -0.39 is 19.6 Å². The molecule has 0 radical (unpaired) electrons. The first kappa shape index (κ1) is 11.8. The highest BCUT2D eigenvalue weighted by Crippen LogP contribution is 2.42. The highest BCUT2D eigenvalue weighted by atomic mass is 16.3. The van der Waals surface area contributed by atoms with Gasteiger partial charge in [-0.15, -0.1) is 0 Å². The predicted molar refractivity (Wildman–Crippen MR) is 120 cm³/mol. The van der Waals surface area contributed by atoms with Crippen molar-refractivity contribution in [1.29, 1.82) is 0 Å². The fraction of sp³-hybridized carbons (Fsp3) is 0.308. The van der Waals surface area contributed by atoms with Gasteiger partial charge in [-0.3, -0.25) is 0 Å². The van der Waals surface area contributed by atoms with E-state index in [-0.39, 0.29) is 28.6 Å². The molecule has 0 saturated heterocycles. The Kier molecular flexibility index (Phi) is 2.74. The molecule has 146 valence electrons. The standard InChI is InChI=1S/C26H27N2O/c1-14(2)20-13-22(28(8)18(6)17(20)5)24-16(4)9-11-19-23-15(3)10-12-21(27-7)26(23)29-25(19)24/h9-14H,1-6,8H3/q+1/i1D3,5D3,13D,14D. The van der Waals surface area contributed by atoms with Gasteiger partial charge in [0, 0.05) is 38.9 Å². The zero-order chi connectivity index (χ0) is 27.8. The Morgan fingerprint density at radius 1 is 1.17 bits per heavy atom. The summed E-state index contributed by atoms with van der Waals surface area (Å²) in [6, 6.07) is 6.91. The molecular formula is C26H27N2O+. The molecule has 4 aromatic rings. The zero-order valence-corrected chi connectivity index (χ0v) is 17.1. The van der Waals surface area contributed by atoms with E-state index in [0.29, 0.717) is 28.0 Å². The largest absolute Gasteiger partial charge is 0.466 e. The van der Waals surface area contributed by atoms with Gasteiger partial charge >= 0.3 is 0 Å². The third-order valence-electron chi connectivity index (χ3n) is 5.61. The van der Waals surface area contributed by atoms with Crippen LogP contribution in [0.15, 0.2) is 34.7 Å². The van der Waals surface area contributed by atoms with Crippen molar-refractivity contribution in [1.82, 2.24) is 0 Å². The molecule has 0 N–H and O–H groups in total. The minimum atomic E-state index is -2.89. The van der Waals surface area contributed by atoms with Gasteiger partial charge in [-0.25, -0.2) is 4.85 Å². The number of aromatic nitrogens is 1. The second kappa shape index (κ2) is 6.74. The van der Waals surface area contributed by atoms with Crippen LogP contribution in [0.4, 0.5) is 5.69 Å². The molecule has 0 aliphatic rings. The van der Waals surface area contributed by atoms with Crippen LogP contribution < -0.4 is 4.57 Å². The molecule has 2 aromatic heterocycles.